The van der Waals surface area contributed by atoms with Crippen LogP contribution in [0.5, 0.6) is 0 Å². The van der Waals surface area contributed by atoms with Gasteiger partial charge >= 0.3 is 0 Å². The SMILES string of the molecule is CC(C)c1cn(C(C)CI)c2ncncc12. The molecule has 0 saturated carbocycles. The van der Waals surface area contributed by atoms with E-state index in [0.717, 1.165) is 10.1 Å². The average molecular weight is 329 g/mol. The lowest BCUT2D eigenvalue weighted by atomic mass is 10.1. The Labute approximate surface area is 109 Å². The standard InChI is InChI=1S/C12H16IN3/c1-8(2)11-6-16(9(3)4-13)12-10(11)5-14-7-15-12/h5-9H,4H2,1-3H3. The molecule has 0 bridgehead atoms. The number of hydrogen-bond donors (Lipinski definition) is 0. The van der Waals surface area contributed by atoms with Gasteiger partial charge in [0.25, 0.3) is 0 Å². The fraction of sp³-hybridized carbons (Fsp3) is 0.500. The van der Waals surface area contributed by atoms with E-state index in [2.05, 4.69) is 64.1 Å². The zero-order valence-electron chi connectivity index (χ0n) is 9.81. The summed E-state index contributed by atoms with van der Waals surface area (Å²) in [5.74, 6) is 0.510. The molecule has 0 amide bonds. The number of rotatable bonds is 3. The van der Waals surface area contributed by atoms with E-state index in [1.807, 2.05) is 6.20 Å². The van der Waals surface area contributed by atoms with Crippen molar-refractivity contribution < 1.29 is 0 Å². The van der Waals surface area contributed by atoms with Gasteiger partial charge in [-0.05, 0) is 18.4 Å². The minimum absolute atomic E-state index is 0.477. The van der Waals surface area contributed by atoms with E-state index in [9.17, 15) is 0 Å². The Hall–Kier alpha value is -0.650. The third-order valence-corrected chi connectivity index (χ3v) is 4.12. The molecule has 0 fully saturated rings. The summed E-state index contributed by atoms with van der Waals surface area (Å²) in [4.78, 5) is 8.53. The number of halogens is 1. The van der Waals surface area contributed by atoms with Crippen LogP contribution in [0.25, 0.3) is 11.0 Å². The van der Waals surface area contributed by atoms with Crippen LogP contribution in [0.3, 0.4) is 0 Å². The van der Waals surface area contributed by atoms with Crippen LogP contribution in [0, 0.1) is 0 Å². The largest absolute Gasteiger partial charge is 0.329 e. The molecule has 2 aromatic heterocycles. The van der Waals surface area contributed by atoms with Crippen molar-refractivity contribution >= 4 is 33.6 Å². The minimum Gasteiger partial charge on any atom is -0.329 e. The fourth-order valence-electron chi connectivity index (χ4n) is 1.88. The Bertz CT molecular complexity index is 490. The minimum atomic E-state index is 0.477. The van der Waals surface area contributed by atoms with Gasteiger partial charge < -0.3 is 4.57 Å². The van der Waals surface area contributed by atoms with Crippen LogP contribution >= 0.6 is 22.6 Å². The molecule has 2 rings (SSSR count). The highest BCUT2D eigenvalue weighted by Crippen LogP contribution is 2.28. The summed E-state index contributed by atoms with van der Waals surface area (Å²) < 4.78 is 3.35. The molecular weight excluding hydrogens is 313 g/mol. The van der Waals surface area contributed by atoms with Crippen molar-refractivity contribution in [2.45, 2.75) is 32.7 Å². The van der Waals surface area contributed by atoms with Crippen LogP contribution in [0.4, 0.5) is 0 Å². The molecule has 0 radical (unpaired) electrons. The summed E-state index contributed by atoms with van der Waals surface area (Å²) in [6.45, 7) is 6.64. The molecule has 0 aliphatic rings. The first kappa shape index (κ1) is 11.8. The zero-order chi connectivity index (χ0) is 11.7. The Morgan fingerprint density at radius 3 is 2.75 bits per heavy atom. The van der Waals surface area contributed by atoms with Gasteiger partial charge in [0.15, 0.2) is 0 Å². The molecule has 2 heterocycles. The second-order valence-corrected chi connectivity index (χ2v) is 5.29. The molecule has 1 atom stereocenters. The maximum Gasteiger partial charge on any atom is 0.143 e. The van der Waals surface area contributed by atoms with E-state index in [1.165, 1.54) is 10.9 Å². The van der Waals surface area contributed by atoms with Gasteiger partial charge in [0.05, 0.1) is 0 Å². The molecule has 0 aliphatic heterocycles. The van der Waals surface area contributed by atoms with Crippen molar-refractivity contribution in [3.63, 3.8) is 0 Å². The lowest BCUT2D eigenvalue weighted by Crippen LogP contribution is -2.05. The van der Waals surface area contributed by atoms with Crippen molar-refractivity contribution in [1.82, 2.24) is 14.5 Å². The van der Waals surface area contributed by atoms with Gasteiger partial charge in [-0.1, -0.05) is 36.4 Å². The van der Waals surface area contributed by atoms with Crippen molar-refractivity contribution in [2.75, 3.05) is 4.43 Å². The van der Waals surface area contributed by atoms with Gasteiger partial charge in [0.1, 0.15) is 12.0 Å². The molecule has 0 N–H and O–H groups in total. The normalized spacial score (nSPS) is 13.6. The highest BCUT2D eigenvalue weighted by atomic mass is 127. The smallest absolute Gasteiger partial charge is 0.143 e. The van der Waals surface area contributed by atoms with Gasteiger partial charge in [-0.3, -0.25) is 0 Å². The van der Waals surface area contributed by atoms with Crippen molar-refractivity contribution in [2.24, 2.45) is 0 Å². The number of alkyl halides is 1. The molecule has 2 aromatic rings. The van der Waals surface area contributed by atoms with Gasteiger partial charge in [0, 0.05) is 28.2 Å². The van der Waals surface area contributed by atoms with E-state index in [4.69, 9.17) is 0 Å². The molecule has 16 heavy (non-hydrogen) atoms. The van der Waals surface area contributed by atoms with Crippen LogP contribution in [-0.4, -0.2) is 19.0 Å². The molecule has 86 valence electrons. The maximum atomic E-state index is 4.40. The van der Waals surface area contributed by atoms with E-state index >= 15 is 0 Å². The Kier molecular flexibility index (Phi) is 3.47. The molecule has 0 spiro atoms. The summed E-state index contributed by atoms with van der Waals surface area (Å²) in [5, 5.41) is 1.19. The number of aromatic nitrogens is 3. The van der Waals surface area contributed by atoms with Crippen molar-refractivity contribution in [1.29, 1.82) is 0 Å². The van der Waals surface area contributed by atoms with Gasteiger partial charge in [-0.15, -0.1) is 0 Å². The Morgan fingerprint density at radius 2 is 2.12 bits per heavy atom. The molecule has 0 aliphatic carbocycles. The molecule has 4 heteroatoms. The lowest BCUT2D eigenvalue weighted by Gasteiger charge is -2.10. The Morgan fingerprint density at radius 1 is 1.38 bits per heavy atom. The first-order valence-electron chi connectivity index (χ1n) is 5.51. The summed E-state index contributed by atoms with van der Waals surface area (Å²) in [7, 11) is 0. The van der Waals surface area contributed by atoms with E-state index in [0.29, 0.717) is 12.0 Å². The number of nitrogens with zero attached hydrogens (tertiary/aromatic N) is 3. The maximum absolute atomic E-state index is 4.40. The van der Waals surface area contributed by atoms with Crippen molar-refractivity contribution in [3.05, 3.63) is 24.3 Å². The van der Waals surface area contributed by atoms with Crippen LogP contribution in [-0.2, 0) is 0 Å². The highest BCUT2D eigenvalue weighted by molar-refractivity contribution is 14.1. The fourth-order valence-corrected chi connectivity index (χ4v) is 2.31. The van der Waals surface area contributed by atoms with Crippen molar-refractivity contribution in [3.8, 4) is 0 Å². The molecule has 3 nitrogen and oxygen atoms in total. The predicted octanol–water partition coefficient (Wildman–Crippen LogP) is 3.55. The second kappa shape index (κ2) is 4.69. The summed E-state index contributed by atoms with van der Waals surface area (Å²) >= 11 is 2.41. The Balaban J connectivity index is 2.66. The monoisotopic (exact) mass is 329 g/mol. The van der Waals surface area contributed by atoms with Crippen LogP contribution in [0.15, 0.2) is 18.7 Å². The summed E-state index contributed by atoms with van der Waals surface area (Å²) in [6.07, 6.45) is 5.78. The third kappa shape index (κ3) is 1.95. The summed E-state index contributed by atoms with van der Waals surface area (Å²) in [6, 6.07) is 0.477. The lowest BCUT2D eigenvalue weighted by molar-refractivity contribution is 0.631. The predicted molar refractivity (Wildman–Crippen MR) is 75.2 cm³/mol. The first-order valence-corrected chi connectivity index (χ1v) is 7.04. The zero-order valence-corrected chi connectivity index (χ0v) is 12.0. The molecule has 1 unspecified atom stereocenters. The van der Waals surface area contributed by atoms with E-state index < -0.39 is 0 Å². The summed E-state index contributed by atoms with van der Waals surface area (Å²) in [5.41, 5.74) is 2.40. The number of fused-ring (bicyclic) bond motifs is 1. The van der Waals surface area contributed by atoms with Crippen LogP contribution < -0.4 is 0 Å². The second-order valence-electron chi connectivity index (χ2n) is 4.41. The topological polar surface area (TPSA) is 30.7 Å². The van der Waals surface area contributed by atoms with Crippen LogP contribution in [0.2, 0.25) is 0 Å². The molecule has 0 aromatic carbocycles. The molecular formula is C12H16IN3. The third-order valence-electron chi connectivity index (χ3n) is 2.85. The highest BCUT2D eigenvalue weighted by Gasteiger charge is 2.15. The average Bonchev–Trinajstić information content (AvgIpc) is 2.67. The van der Waals surface area contributed by atoms with E-state index in [-0.39, 0.29) is 0 Å². The first-order chi connectivity index (χ1) is 7.65. The van der Waals surface area contributed by atoms with Gasteiger partial charge in [0.2, 0.25) is 0 Å². The number of hydrogen-bond acceptors (Lipinski definition) is 2. The quantitative estimate of drug-likeness (QED) is 0.637. The van der Waals surface area contributed by atoms with Gasteiger partial charge in [-0.25, -0.2) is 9.97 Å². The molecule has 0 saturated heterocycles. The van der Waals surface area contributed by atoms with E-state index in [1.54, 1.807) is 6.33 Å². The van der Waals surface area contributed by atoms with Gasteiger partial charge in [-0.2, -0.15) is 0 Å². The van der Waals surface area contributed by atoms with Crippen LogP contribution in [0.1, 0.15) is 38.3 Å².